The molecule has 1 heterocycles. The van der Waals surface area contributed by atoms with Gasteiger partial charge in [-0.05, 0) is 24.3 Å². The van der Waals surface area contributed by atoms with E-state index in [0.717, 1.165) is 16.5 Å². The zero-order valence-corrected chi connectivity index (χ0v) is 11.0. The Balaban J connectivity index is 1.85. The van der Waals surface area contributed by atoms with E-state index in [1.165, 1.54) is 6.07 Å². The molecule has 3 aromatic rings. The average Bonchev–Trinajstić information content (AvgIpc) is 2.95. The molecule has 0 aliphatic heterocycles. The summed E-state index contributed by atoms with van der Waals surface area (Å²) in [5, 5.41) is 23.5. The summed E-state index contributed by atoms with van der Waals surface area (Å²) in [7, 11) is 0. The molecule has 0 saturated carbocycles. The largest absolute Gasteiger partial charge is 0.507 e. The molecule has 0 spiro atoms. The summed E-state index contributed by atoms with van der Waals surface area (Å²) < 4.78 is 5.19. The van der Waals surface area contributed by atoms with Gasteiger partial charge in [0.15, 0.2) is 0 Å². The quantitative estimate of drug-likeness (QED) is 0.683. The molecule has 3 N–H and O–H groups in total. The number of hydrogen-bond acceptors (Lipinski definition) is 4. The predicted octanol–water partition coefficient (Wildman–Crippen LogP) is 3.45. The zero-order valence-electron chi connectivity index (χ0n) is 11.0. The molecule has 0 aliphatic carbocycles. The van der Waals surface area contributed by atoms with Gasteiger partial charge in [-0.15, -0.1) is 0 Å². The Labute approximate surface area is 120 Å². The smallest absolute Gasteiger partial charge is 0.371 e. The maximum Gasteiger partial charge on any atom is 0.371 e. The van der Waals surface area contributed by atoms with Gasteiger partial charge in [0.05, 0.1) is 6.54 Å². The first-order valence-corrected chi connectivity index (χ1v) is 6.42. The first kappa shape index (κ1) is 13.1. The third kappa shape index (κ3) is 2.53. The Morgan fingerprint density at radius 3 is 2.57 bits per heavy atom. The number of furan rings is 1. The van der Waals surface area contributed by atoms with Crippen LogP contribution in [0.1, 0.15) is 16.3 Å². The van der Waals surface area contributed by atoms with Crippen molar-refractivity contribution in [3.8, 4) is 5.75 Å². The third-order valence-corrected chi connectivity index (χ3v) is 3.22. The lowest BCUT2D eigenvalue weighted by molar-refractivity contribution is 0.0660. The molecule has 3 rings (SSSR count). The second-order valence-corrected chi connectivity index (χ2v) is 4.60. The minimum absolute atomic E-state index is 0.0811. The van der Waals surface area contributed by atoms with E-state index in [9.17, 15) is 9.90 Å². The van der Waals surface area contributed by atoms with E-state index >= 15 is 0 Å². The molecule has 0 unspecified atom stereocenters. The van der Waals surface area contributed by atoms with Crippen molar-refractivity contribution < 1.29 is 19.4 Å². The Hall–Kier alpha value is -2.95. The summed E-state index contributed by atoms with van der Waals surface area (Å²) in [4.78, 5) is 10.8. The van der Waals surface area contributed by atoms with Crippen LogP contribution in [0.25, 0.3) is 10.8 Å². The highest BCUT2D eigenvalue weighted by molar-refractivity contribution is 5.97. The van der Waals surface area contributed by atoms with E-state index in [4.69, 9.17) is 9.52 Å². The van der Waals surface area contributed by atoms with Crippen LogP contribution in [-0.2, 0) is 6.54 Å². The number of carbonyl (C=O) groups is 1. The van der Waals surface area contributed by atoms with Gasteiger partial charge in [0.1, 0.15) is 11.5 Å². The molecule has 0 fully saturated rings. The molecular weight excluding hydrogens is 270 g/mol. The normalized spacial score (nSPS) is 10.7. The third-order valence-electron chi connectivity index (χ3n) is 3.22. The Morgan fingerprint density at radius 1 is 1.05 bits per heavy atom. The van der Waals surface area contributed by atoms with Gasteiger partial charge >= 0.3 is 5.97 Å². The van der Waals surface area contributed by atoms with Gasteiger partial charge in [-0.25, -0.2) is 4.79 Å². The van der Waals surface area contributed by atoms with Crippen molar-refractivity contribution in [2.24, 2.45) is 0 Å². The van der Waals surface area contributed by atoms with Crippen LogP contribution < -0.4 is 5.32 Å². The number of hydrogen-bond donors (Lipinski definition) is 3. The highest BCUT2D eigenvalue weighted by Gasteiger charge is 2.09. The summed E-state index contributed by atoms with van der Waals surface area (Å²) >= 11 is 0. The van der Waals surface area contributed by atoms with Crippen molar-refractivity contribution in [2.75, 3.05) is 5.32 Å². The van der Waals surface area contributed by atoms with E-state index in [1.807, 2.05) is 24.3 Å². The molecule has 5 heteroatoms. The molecule has 2 aromatic carbocycles. The average molecular weight is 283 g/mol. The van der Waals surface area contributed by atoms with Crippen LogP contribution in [0.5, 0.6) is 5.75 Å². The van der Waals surface area contributed by atoms with Crippen molar-refractivity contribution in [3.63, 3.8) is 0 Å². The van der Waals surface area contributed by atoms with E-state index < -0.39 is 5.97 Å². The Morgan fingerprint density at radius 2 is 1.81 bits per heavy atom. The van der Waals surface area contributed by atoms with Crippen molar-refractivity contribution in [3.05, 3.63) is 60.1 Å². The number of fused-ring (bicyclic) bond motifs is 1. The SMILES string of the molecule is O=C(O)c1ccc(CNc2cccc3c(O)cccc23)o1. The second-order valence-electron chi connectivity index (χ2n) is 4.60. The van der Waals surface area contributed by atoms with Gasteiger partial charge in [-0.3, -0.25) is 0 Å². The zero-order chi connectivity index (χ0) is 14.8. The van der Waals surface area contributed by atoms with Gasteiger partial charge in [-0.2, -0.15) is 0 Å². The summed E-state index contributed by atoms with van der Waals surface area (Å²) in [5.74, 6) is -0.412. The molecule has 0 amide bonds. The number of anilines is 1. The van der Waals surface area contributed by atoms with Gasteiger partial charge in [-0.1, -0.05) is 24.3 Å². The Bertz CT molecular complexity index is 807. The molecule has 0 saturated heterocycles. The van der Waals surface area contributed by atoms with Crippen LogP contribution in [0, 0.1) is 0 Å². The number of nitrogens with one attached hydrogen (secondary N) is 1. The lowest BCUT2D eigenvalue weighted by Crippen LogP contribution is -1.99. The highest BCUT2D eigenvalue weighted by atomic mass is 16.4. The number of rotatable bonds is 4. The van der Waals surface area contributed by atoms with E-state index in [0.29, 0.717) is 12.3 Å². The van der Waals surface area contributed by atoms with Crippen LogP contribution in [0.4, 0.5) is 5.69 Å². The number of carboxylic acids is 1. The van der Waals surface area contributed by atoms with E-state index in [1.54, 1.807) is 18.2 Å². The lowest BCUT2D eigenvalue weighted by atomic mass is 10.1. The number of phenolic OH excluding ortho intramolecular Hbond substituents is 1. The van der Waals surface area contributed by atoms with Crippen LogP contribution in [-0.4, -0.2) is 16.2 Å². The number of carboxylic acid groups (broad SMARTS) is 1. The highest BCUT2D eigenvalue weighted by Crippen LogP contribution is 2.30. The molecule has 0 bridgehead atoms. The molecule has 0 aliphatic rings. The summed E-state index contributed by atoms with van der Waals surface area (Å²) in [6.07, 6.45) is 0. The minimum atomic E-state index is -1.09. The fourth-order valence-corrected chi connectivity index (χ4v) is 2.22. The lowest BCUT2D eigenvalue weighted by Gasteiger charge is -2.09. The van der Waals surface area contributed by atoms with Crippen molar-refractivity contribution in [2.45, 2.75) is 6.54 Å². The van der Waals surface area contributed by atoms with Crippen molar-refractivity contribution >= 4 is 22.4 Å². The van der Waals surface area contributed by atoms with Gasteiger partial charge in [0.25, 0.3) is 0 Å². The molecule has 0 atom stereocenters. The standard InChI is InChI=1S/C16H13NO4/c18-14-6-2-3-11-12(14)4-1-5-13(11)17-9-10-7-8-15(21-10)16(19)20/h1-8,17-18H,9H2,(H,19,20). The maximum absolute atomic E-state index is 10.8. The van der Waals surface area contributed by atoms with Crippen molar-refractivity contribution in [1.82, 2.24) is 0 Å². The van der Waals surface area contributed by atoms with Gasteiger partial charge < -0.3 is 19.9 Å². The van der Waals surface area contributed by atoms with Gasteiger partial charge in [0.2, 0.25) is 5.76 Å². The topological polar surface area (TPSA) is 82.7 Å². The molecule has 0 radical (unpaired) electrons. The summed E-state index contributed by atoms with van der Waals surface area (Å²) in [6.45, 7) is 0.363. The predicted molar refractivity (Wildman–Crippen MR) is 78.6 cm³/mol. The number of aromatic carboxylic acids is 1. The fraction of sp³-hybridized carbons (Fsp3) is 0.0625. The van der Waals surface area contributed by atoms with Gasteiger partial charge in [0, 0.05) is 16.5 Å². The molecule has 5 nitrogen and oxygen atoms in total. The molecule has 106 valence electrons. The summed E-state index contributed by atoms with van der Waals surface area (Å²) in [5.41, 5.74) is 0.844. The van der Waals surface area contributed by atoms with Crippen molar-refractivity contribution in [1.29, 1.82) is 0 Å². The van der Waals surface area contributed by atoms with Crippen LogP contribution in [0.3, 0.4) is 0 Å². The first-order valence-electron chi connectivity index (χ1n) is 6.42. The van der Waals surface area contributed by atoms with Crippen LogP contribution in [0.2, 0.25) is 0 Å². The van der Waals surface area contributed by atoms with E-state index in [-0.39, 0.29) is 11.5 Å². The maximum atomic E-state index is 10.8. The van der Waals surface area contributed by atoms with E-state index in [2.05, 4.69) is 5.32 Å². The monoisotopic (exact) mass is 283 g/mol. The van der Waals surface area contributed by atoms with Crippen LogP contribution in [0.15, 0.2) is 52.9 Å². The molecule has 1 aromatic heterocycles. The van der Waals surface area contributed by atoms with Crippen LogP contribution >= 0.6 is 0 Å². The number of phenols is 1. The minimum Gasteiger partial charge on any atom is -0.507 e. The Kier molecular flexibility index (Phi) is 3.23. The summed E-state index contributed by atoms with van der Waals surface area (Å²) in [6, 6.07) is 13.9. The first-order chi connectivity index (χ1) is 10.1. The second kappa shape index (κ2) is 5.20. The molecular formula is C16H13NO4. The number of aromatic hydroxyl groups is 1. The number of benzene rings is 2. The fourth-order valence-electron chi connectivity index (χ4n) is 2.22. The molecule has 21 heavy (non-hydrogen) atoms.